The zero-order chi connectivity index (χ0) is 23.5. The minimum Gasteiger partial charge on any atom is -0.380 e. The zero-order valence-corrected chi connectivity index (χ0v) is 20.3. The summed E-state index contributed by atoms with van der Waals surface area (Å²) in [5, 5.41) is 1.03. The minimum atomic E-state index is 0.137. The summed E-state index contributed by atoms with van der Waals surface area (Å²) in [5.74, 6) is 2.39. The van der Waals surface area contributed by atoms with Crippen molar-refractivity contribution in [1.29, 1.82) is 0 Å². The number of rotatable bonds is 7. The Hall–Kier alpha value is -3.08. The Labute approximate surface area is 202 Å². The topological polar surface area (TPSA) is 54.5 Å². The maximum absolute atomic E-state index is 13.2. The van der Waals surface area contributed by atoms with E-state index in [1.165, 1.54) is 25.7 Å². The molecule has 34 heavy (non-hydrogen) atoms. The summed E-state index contributed by atoms with van der Waals surface area (Å²) in [6, 6.07) is 17.3. The summed E-state index contributed by atoms with van der Waals surface area (Å²) in [6.07, 6.45) is 9.50. The molecule has 0 radical (unpaired) electrons. The number of carbonyl (C=O) groups is 1. The van der Waals surface area contributed by atoms with E-state index in [2.05, 4.69) is 29.2 Å². The first-order valence-corrected chi connectivity index (χ1v) is 12.7. The molecule has 0 unspecified atom stereocenters. The number of aromatic nitrogens is 1. The van der Waals surface area contributed by atoms with Gasteiger partial charge < -0.3 is 9.74 Å². The van der Waals surface area contributed by atoms with Gasteiger partial charge in [-0.25, -0.2) is 5.48 Å². The summed E-state index contributed by atoms with van der Waals surface area (Å²) in [5.41, 5.74) is 5.78. The number of benzene rings is 2. The molecule has 5 rings (SSSR count). The van der Waals surface area contributed by atoms with E-state index >= 15 is 0 Å². The summed E-state index contributed by atoms with van der Waals surface area (Å²) >= 11 is 0. The second-order valence-corrected chi connectivity index (χ2v) is 10.5. The van der Waals surface area contributed by atoms with Gasteiger partial charge in [0.2, 0.25) is 0 Å². The number of pyridine rings is 1. The van der Waals surface area contributed by atoms with Crippen LogP contribution in [0.15, 0.2) is 60.8 Å². The van der Waals surface area contributed by atoms with Crippen molar-refractivity contribution in [2.75, 3.05) is 18.6 Å². The number of carbonyl (C=O) groups excluding carboxylic acids is 1. The Morgan fingerprint density at radius 1 is 1.09 bits per heavy atom. The number of likely N-dealkylation sites (tertiary alicyclic amines) is 1. The highest BCUT2D eigenvalue weighted by Crippen LogP contribution is 2.52. The lowest BCUT2D eigenvalue weighted by molar-refractivity contribution is -0.00388. The number of piperidine rings is 1. The molecule has 5 nitrogen and oxygen atoms in total. The van der Waals surface area contributed by atoms with E-state index in [0.29, 0.717) is 11.2 Å². The molecular formula is C29H35N3O2. The van der Waals surface area contributed by atoms with Crippen LogP contribution in [0.25, 0.3) is 10.9 Å². The van der Waals surface area contributed by atoms with E-state index in [1.54, 1.807) is 6.20 Å². The number of hydrogen-bond donors (Lipinski definition) is 1. The minimum absolute atomic E-state index is 0.137. The van der Waals surface area contributed by atoms with Gasteiger partial charge in [0, 0.05) is 30.2 Å². The van der Waals surface area contributed by atoms with Crippen molar-refractivity contribution < 1.29 is 9.63 Å². The Bertz CT molecular complexity index is 1120. The Morgan fingerprint density at radius 3 is 2.50 bits per heavy atom. The SMILES string of the molecule is CC(C)CC1(C2CCC2)CCN(C(=O)c2ccc(NOc3cccc4cccnc34)cc2)CC1. The first-order valence-electron chi connectivity index (χ1n) is 12.7. The molecule has 1 aliphatic carbocycles. The highest BCUT2D eigenvalue weighted by atomic mass is 16.6. The summed E-state index contributed by atoms with van der Waals surface area (Å²) in [7, 11) is 0. The van der Waals surface area contributed by atoms with Crippen molar-refractivity contribution in [3.63, 3.8) is 0 Å². The molecule has 0 bridgehead atoms. The number of para-hydroxylation sites is 1. The largest absolute Gasteiger partial charge is 0.380 e. The van der Waals surface area contributed by atoms with Gasteiger partial charge in [-0.3, -0.25) is 9.78 Å². The Balaban J connectivity index is 1.19. The van der Waals surface area contributed by atoms with E-state index in [9.17, 15) is 4.79 Å². The van der Waals surface area contributed by atoms with E-state index in [1.807, 2.05) is 54.6 Å². The average molecular weight is 458 g/mol. The second-order valence-electron chi connectivity index (χ2n) is 10.5. The fourth-order valence-corrected chi connectivity index (χ4v) is 5.90. The van der Waals surface area contributed by atoms with Crippen LogP contribution >= 0.6 is 0 Å². The van der Waals surface area contributed by atoms with Crippen molar-refractivity contribution in [2.24, 2.45) is 17.3 Å². The van der Waals surface area contributed by atoms with Gasteiger partial charge in [-0.2, -0.15) is 0 Å². The second kappa shape index (κ2) is 9.65. The van der Waals surface area contributed by atoms with Crippen molar-refractivity contribution in [1.82, 2.24) is 9.88 Å². The van der Waals surface area contributed by atoms with Crippen LogP contribution in [-0.2, 0) is 0 Å². The quantitative estimate of drug-likeness (QED) is 0.401. The van der Waals surface area contributed by atoms with Crippen LogP contribution in [-0.4, -0.2) is 28.9 Å². The fraction of sp³-hybridized carbons (Fsp3) is 0.448. The molecule has 3 aromatic rings. The molecule has 2 heterocycles. The van der Waals surface area contributed by atoms with Gasteiger partial charge in [-0.05, 0) is 85.8 Å². The molecule has 2 fully saturated rings. The zero-order valence-electron chi connectivity index (χ0n) is 20.3. The Morgan fingerprint density at radius 2 is 1.82 bits per heavy atom. The van der Waals surface area contributed by atoms with Crippen molar-refractivity contribution >= 4 is 22.5 Å². The molecule has 1 aliphatic heterocycles. The number of anilines is 1. The third kappa shape index (κ3) is 4.61. The standard InChI is InChI=1S/C29H35N3O2/c1-21(2)20-29(24-8-4-9-24)15-18-32(19-16-29)28(33)23-11-13-25(14-12-23)31-34-26-10-3-6-22-7-5-17-30-27(22)26/h3,5-7,10-14,17,21,24,31H,4,8-9,15-16,18-20H2,1-2H3. The highest BCUT2D eigenvalue weighted by Gasteiger charge is 2.44. The number of nitrogens with zero attached hydrogens (tertiary/aromatic N) is 2. The predicted octanol–water partition coefficient (Wildman–Crippen LogP) is 6.71. The van der Waals surface area contributed by atoms with Crippen molar-refractivity contribution in [3.8, 4) is 5.75 Å². The lowest BCUT2D eigenvalue weighted by Gasteiger charge is -2.51. The third-order valence-electron chi connectivity index (χ3n) is 7.84. The molecule has 0 spiro atoms. The predicted molar refractivity (Wildman–Crippen MR) is 137 cm³/mol. The van der Waals surface area contributed by atoms with Crippen LogP contribution in [0, 0.1) is 17.3 Å². The van der Waals surface area contributed by atoms with Crippen molar-refractivity contribution in [2.45, 2.75) is 52.4 Å². The van der Waals surface area contributed by atoms with Crippen LogP contribution in [0.5, 0.6) is 5.75 Å². The van der Waals surface area contributed by atoms with E-state index in [-0.39, 0.29) is 5.91 Å². The molecule has 1 amide bonds. The molecule has 1 aromatic heterocycles. The summed E-state index contributed by atoms with van der Waals surface area (Å²) in [4.78, 5) is 25.5. The van der Waals surface area contributed by atoms with Gasteiger partial charge in [0.15, 0.2) is 5.75 Å². The number of hydrogen-bond acceptors (Lipinski definition) is 4. The van der Waals surface area contributed by atoms with Gasteiger partial charge in [-0.15, -0.1) is 0 Å². The van der Waals surface area contributed by atoms with Gasteiger partial charge in [0.25, 0.3) is 5.91 Å². The Kier molecular flexibility index (Phi) is 6.44. The first-order chi connectivity index (χ1) is 16.5. The molecule has 5 heteroatoms. The first kappa shape index (κ1) is 22.7. The van der Waals surface area contributed by atoms with Crippen LogP contribution in [0.1, 0.15) is 62.7 Å². The van der Waals surface area contributed by atoms with E-state index < -0.39 is 0 Å². The maximum atomic E-state index is 13.2. The van der Waals surface area contributed by atoms with E-state index in [4.69, 9.17) is 4.84 Å². The van der Waals surface area contributed by atoms with Crippen LogP contribution in [0.4, 0.5) is 5.69 Å². The summed E-state index contributed by atoms with van der Waals surface area (Å²) < 4.78 is 0. The average Bonchev–Trinajstić information content (AvgIpc) is 2.81. The fourth-order valence-electron chi connectivity index (χ4n) is 5.90. The van der Waals surface area contributed by atoms with Crippen LogP contribution in [0.2, 0.25) is 0 Å². The van der Waals surface area contributed by atoms with Gasteiger partial charge in [0.05, 0.1) is 5.69 Å². The van der Waals surface area contributed by atoms with Gasteiger partial charge in [-0.1, -0.05) is 38.5 Å². The summed E-state index contributed by atoms with van der Waals surface area (Å²) in [6.45, 7) is 6.43. The molecule has 0 atom stereocenters. The molecule has 178 valence electrons. The normalized spacial score (nSPS) is 18.0. The monoisotopic (exact) mass is 457 g/mol. The number of amides is 1. The smallest absolute Gasteiger partial charge is 0.253 e. The highest BCUT2D eigenvalue weighted by molar-refractivity contribution is 5.94. The molecule has 1 saturated heterocycles. The van der Waals surface area contributed by atoms with Gasteiger partial charge in [0.1, 0.15) is 5.52 Å². The van der Waals surface area contributed by atoms with E-state index in [0.717, 1.165) is 59.9 Å². The number of nitrogens with one attached hydrogen (secondary N) is 1. The van der Waals surface area contributed by atoms with Gasteiger partial charge >= 0.3 is 0 Å². The molecular weight excluding hydrogens is 422 g/mol. The van der Waals surface area contributed by atoms with Crippen LogP contribution < -0.4 is 10.3 Å². The third-order valence-corrected chi connectivity index (χ3v) is 7.84. The lowest BCUT2D eigenvalue weighted by atomic mass is 9.58. The lowest BCUT2D eigenvalue weighted by Crippen LogP contribution is -2.48. The molecule has 1 N–H and O–H groups in total. The maximum Gasteiger partial charge on any atom is 0.253 e. The molecule has 1 saturated carbocycles. The van der Waals surface area contributed by atoms with Crippen LogP contribution in [0.3, 0.4) is 0 Å². The van der Waals surface area contributed by atoms with Crippen molar-refractivity contribution in [3.05, 3.63) is 66.4 Å². The number of fused-ring (bicyclic) bond motifs is 1. The molecule has 2 aromatic carbocycles. The molecule has 2 aliphatic rings.